The van der Waals surface area contributed by atoms with Crippen LogP contribution in [-0.4, -0.2) is 40.5 Å². The average Bonchev–Trinajstić information content (AvgIpc) is 2.71. The summed E-state index contributed by atoms with van der Waals surface area (Å²) in [4.78, 5) is 6.91. The maximum absolute atomic E-state index is 13.9. The Kier molecular flexibility index (Phi) is 4.52. The molecule has 0 aliphatic carbocycles. The molecule has 1 aromatic carbocycles. The lowest BCUT2D eigenvalue weighted by atomic mass is 9.99. The molecule has 5 heterocycles. The van der Waals surface area contributed by atoms with E-state index in [4.69, 9.17) is 16.3 Å². The molecule has 3 saturated heterocycles. The van der Waals surface area contributed by atoms with Crippen LogP contribution in [-0.2, 0) is 4.74 Å². The Morgan fingerprint density at radius 2 is 2.00 bits per heavy atom. The van der Waals surface area contributed by atoms with Gasteiger partial charge in [-0.2, -0.15) is 5.10 Å². The lowest BCUT2D eigenvalue weighted by Crippen LogP contribution is -2.57. The summed E-state index contributed by atoms with van der Waals surface area (Å²) in [5.74, 6) is 1.10. The van der Waals surface area contributed by atoms with E-state index in [1.54, 1.807) is 12.1 Å². The van der Waals surface area contributed by atoms with E-state index in [1.165, 1.54) is 6.07 Å². The van der Waals surface area contributed by atoms with Crippen molar-refractivity contribution in [2.75, 3.05) is 23.3 Å². The first-order valence-corrected chi connectivity index (χ1v) is 10.1. The molecular weight excluding hydrogens is 393 g/mol. The van der Waals surface area contributed by atoms with E-state index >= 15 is 0 Å². The van der Waals surface area contributed by atoms with Crippen LogP contribution in [0.2, 0.25) is 5.02 Å². The summed E-state index contributed by atoms with van der Waals surface area (Å²) in [7, 11) is 0. The fourth-order valence-corrected chi connectivity index (χ4v) is 4.41. The van der Waals surface area contributed by atoms with E-state index < -0.39 is 5.82 Å². The predicted octanol–water partition coefficient (Wildman–Crippen LogP) is 4.28. The molecule has 0 spiro atoms. The minimum absolute atomic E-state index is 0.117. The molecule has 3 fully saturated rings. The van der Waals surface area contributed by atoms with Crippen molar-refractivity contribution < 1.29 is 9.13 Å². The summed E-state index contributed by atoms with van der Waals surface area (Å²) in [5, 5.41) is 14.0. The first-order valence-electron chi connectivity index (χ1n) is 9.73. The maximum atomic E-state index is 13.9. The number of benzene rings is 1. The van der Waals surface area contributed by atoms with Crippen molar-refractivity contribution in [3.05, 3.63) is 52.6 Å². The van der Waals surface area contributed by atoms with Crippen LogP contribution in [0.5, 0.6) is 0 Å². The monoisotopic (exact) mass is 413 g/mol. The molecule has 8 heteroatoms. The van der Waals surface area contributed by atoms with E-state index in [1.807, 2.05) is 26.1 Å². The van der Waals surface area contributed by atoms with Gasteiger partial charge in [0.25, 0.3) is 0 Å². The van der Waals surface area contributed by atoms with Crippen LogP contribution in [0.4, 0.5) is 16.0 Å². The number of hydrogen-bond donors (Lipinski definition) is 1. The van der Waals surface area contributed by atoms with Gasteiger partial charge in [-0.1, -0.05) is 23.7 Å². The first-order chi connectivity index (χ1) is 14.0. The Balaban J connectivity index is 1.50. The third kappa shape index (κ3) is 3.28. The van der Waals surface area contributed by atoms with E-state index in [0.717, 1.165) is 41.8 Å². The van der Waals surface area contributed by atoms with Crippen molar-refractivity contribution in [1.82, 2.24) is 15.2 Å². The Labute approximate surface area is 173 Å². The lowest BCUT2D eigenvalue weighted by molar-refractivity contribution is -0.133. The number of fused-ring (bicyclic) bond motifs is 3. The van der Waals surface area contributed by atoms with Crippen molar-refractivity contribution in [1.29, 1.82) is 0 Å². The zero-order chi connectivity index (χ0) is 20.1. The molecule has 3 atom stereocenters. The number of nitrogens with zero attached hydrogens (tertiary/aromatic N) is 4. The summed E-state index contributed by atoms with van der Waals surface area (Å²) < 4.78 is 19.6. The Hall–Kier alpha value is -2.51. The second-order valence-electron chi connectivity index (χ2n) is 7.75. The third-order valence-electron chi connectivity index (χ3n) is 5.72. The lowest BCUT2D eigenvalue weighted by Gasteiger charge is -2.47. The van der Waals surface area contributed by atoms with Crippen LogP contribution in [0, 0.1) is 12.7 Å². The quantitative estimate of drug-likeness (QED) is 0.689. The van der Waals surface area contributed by atoms with Crippen LogP contribution < -0.4 is 10.2 Å². The smallest absolute Gasteiger partial charge is 0.157 e. The molecule has 0 saturated carbocycles. The molecule has 2 bridgehead atoms. The van der Waals surface area contributed by atoms with Gasteiger partial charge in [-0.3, -0.25) is 0 Å². The molecule has 3 aliphatic rings. The van der Waals surface area contributed by atoms with Gasteiger partial charge in [0.1, 0.15) is 11.6 Å². The molecule has 0 radical (unpaired) electrons. The highest BCUT2D eigenvalue weighted by molar-refractivity contribution is 6.31. The molecule has 29 heavy (non-hydrogen) atoms. The van der Waals surface area contributed by atoms with Crippen molar-refractivity contribution in [3.63, 3.8) is 0 Å². The van der Waals surface area contributed by atoms with E-state index in [9.17, 15) is 4.39 Å². The standard InChI is InChI=1S/C21H21ClFN5O/c1-11(15-4-3-5-18(23)20(15)22)25-21-16-7-19(24-8-17(16)12(2)26-27-21)28-9-13-6-14(10-28)29-13/h3-5,7-8,11,13-14H,6,9-10H2,1-2H3,(H,25,27)/t11-,13?,14?/m1/s1. The summed E-state index contributed by atoms with van der Waals surface area (Å²) in [6.07, 6.45) is 3.58. The Bertz CT molecular complexity index is 1080. The summed E-state index contributed by atoms with van der Waals surface area (Å²) in [6, 6.07) is 6.61. The SMILES string of the molecule is Cc1nnc(N[C@H](C)c2cccc(F)c2Cl)c2cc(N3CC4CC(C3)O4)ncc12. The number of morpholine rings is 1. The number of rotatable bonds is 4. The van der Waals surface area contributed by atoms with E-state index in [0.29, 0.717) is 23.6 Å². The zero-order valence-corrected chi connectivity index (χ0v) is 16.9. The second kappa shape index (κ2) is 7.07. The molecular formula is C21H21ClFN5O. The van der Waals surface area contributed by atoms with Crippen LogP contribution in [0.25, 0.3) is 10.8 Å². The van der Waals surface area contributed by atoms with E-state index in [-0.39, 0.29) is 11.1 Å². The minimum Gasteiger partial charge on any atom is -0.371 e. The molecule has 6 rings (SSSR count). The highest BCUT2D eigenvalue weighted by atomic mass is 35.5. The number of ether oxygens (including phenoxy) is 1. The number of aryl methyl sites for hydroxylation is 1. The molecule has 0 amide bonds. The van der Waals surface area contributed by atoms with Crippen molar-refractivity contribution in [2.24, 2.45) is 0 Å². The van der Waals surface area contributed by atoms with Gasteiger partial charge in [0.15, 0.2) is 5.82 Å². The van der Waals surface area contributed by atoms with Gasteiger partial charge in [-0.15, -0.1) is 5.10 Å². The molecule has 3 aromatic rings. The van der Waals surface area contributed by atoms with Gasteiger partial charge in [0.2, 0.25) is 0 Å². The van der Waals surface area contributed by atoms with Gasteiger partial charge in [-0.05, 0) is 31.5 Å². The predicted molar refractivity (Wildman–Crippen MR) is 111 cm³/mol. The zero-order valence-electron chi connectivity index (χ0n) is 16.2. The van der Waals surface area contributed by atoms with Crippen LogP contribution in [0.15, 0.2) is 30.5 Å². The van der Waals surface area contributed by atoms with Gasteiger partial charge in [-0.25, -0.2) is 9.37 Å². The molecule has 150 valence electrons. The highest BCUT2D eigenvalue weighted by Gasteiger charge is 2.38. The third-order valence-corrected chi connectivity index (χ3v) is 6.12. The van der Waals surface area contributed by atoms with Gasteiger partial charge >= 0.3 is 0 Å². The number of halogens is 2. The number of piperidine rings is 1. The van der Waals surface area contributed by atoms with Gasteiger partial charge < -0.3 is 15.0 Å². The van der Waals surface area contributed by atoms with Gasteiger partial charge in [0, 0.05) is 36.5 Å². The molecule has 1 N–H and O–H groups in total. The van der Waals surface area contributed by atoms with Crippen molar-refractivity contribution >= 4 is 34.0 Å². The maximum Gasteiger partial charge on any atom is 0.157 e. The fraction of sp³-hybridized carbons (Fsp3) is 0.381. The van der Waals surface area contributed by atoms with Crippen LogP contribution in [0.3, 0.4) is 0 Å². The molecule has 6 nitrogen and oxygen atoms in total. The highest BCUT2D eigenvalue weighted by Crippen LogP contribution is 2.34. The first kappa shape index (κ1) is 18.5. The number of anilines is 2. The summed E-state index contributed by atoms with van der Waals surface area (Å²) in [5.41, 5.74) is 1.48. The number of aromatic nitrogens is 3. The molecule has 2 aromatic heterocycles. The average molecular weight is 414 g/mol. The Morgan fingerprint density at radius 1 is 1.24 bits per heavy atom. The summed E-state index contributed by atoms with van der Waals surface area (Å²) >= 11 is 6.16. The van der Waals surface area contributed by atoms with Crippen LogP contribution >= 0.6 is 11.6 Å². The summed E-state index contributed by atoms with van der Waals surface area (Å²) in [6.45, 7) is 5.54. The number of nitrogens with one attached hydrogen (secondary N) is 1. The van der Waals surface area contributed by atoms with E-state index in [2.05, 4.69) is 25.4 Å². The Morgan fingerprint density at radius 3 is 2.76 bits per heavy atom. The molecule has 2 unspecified atom stereocenters. The fourth-order valence-electron chi connectivity index (χ4n) is 4.12. The van der Waals surface area contributed by atoms with Gasteiger partial charge in [0.05, 0.1) is 29.0 Å². The normalized spacial score (nSPS) is 21.7. The van der Waals surface area contributed by atoms with Crippen molar-refractivity contribution in [3.8, 4) is 0 Å². The molecule has 3 aliphatic heterocycles. The van der Waals surface area contributed by atoms with Crippen LogP contribution in [0.1, 0.15) is 30.6 Å². The largest absolute Gasteiger partial charge is 0.371 e. The number of pyridine rings is 1. The topological polar surface area (TPSA) is 63.2 Å². The number of hydrogen-bond acceptors (Lipinski definition) is 6. The van der Waals surface area contributed by atoms with Crippen molar-refractivity contribution in [2.45, 2.75) is 38.5 Å². The minimum atomic E-state index is -0.435. The second-order valence-corrected chi connectivity index (χ2v) is 8.13.